The van der Waals surface area contributed by atoms with E-state index in [4.69, 9.17) is 4.74 Å². The molecule has 4 rings (SSSR count). The topological polar surface area (TPSA) is 42.4 Å². The van der Waals surface area contributed by atoms with E-state index in [1.807, 2.05) is 6.92 Å². The van der Waals surface area contributed by atoms with Gasteiger partial charge in [-0.15, -0.1) is 0 Å². The zero-order valence-corrected chi connectivity index (χ0v) is 16.4. The molecule has 1 aromatic carbocycles. The van der Waals surface area contributed by atoms with Crippen LogP contribution in [0.5, 0.6) is 0 Å². The molecular weight excluding hydrogens is 381 g/mol. The van der Waals surface area contributed by atoms with E-state index in [0.29, 0.717) is 23.0 Å². The van der Waals surface area contributed by atoms with Gasteiger partial charge in [0.2, 0.25) is 0 Å². The summed E-state index contributed by atoms with van der Waals surface area (Å²) >= 11 is 0. The molecule has 4 nitrogen and oxygen atoms in total. The molecule has 0 radical (unpaired) electrons. The fraction of sp³-hybridized carbons (Fsp3) is 0.455. The maximum atomic E-state index is 13.4. The van der Waals surface area contributed by atoms with Gasteiger partial charge in [0.05, 0.1) is 18.2 Å². The highest BCUT2D eigenvalue weighted by Gasteiger charge is 2.44. The SMILES string of the molecule is COC(=O)c1cc(C)nc(N2C[C@H]3CC(c4ccccc4C(F)(F)F)C[C@H]3C2)c1. The fourth-order valence-corrected chi connectivity index (χ4v) is 4.90. The number of carbonyl (C=O) groups excluding carboxylic acids is 1. The van der Waals surface area contributed by atoms with Gasteiger partial charge in [0, 0.05) is 18.8 Å². The lowest BCUT2D eigenvalue weighted by Gasteiger charge is -2.22. The highest BCUT2D eigenvalue weighted by atomic mass is 19.4. The molecule has 0 amide bonds. The standard InChI is InChI=1S/C22H23F3N2O2/c1-13-7-15(21(28)29-2)10-20(26-13)27-11-16-8-14(9-17(16)12-27)18-5-3-4-6-19(18)22(23,24)25/h3-7,10,14,16-17H,8-9,11-12H2,1-2H3/t14?,16-,17+. The highest BCUT2D eigenvalue weighted by Crippen LogP contribution is 2.49. The second-order valence-corrected chi connectivity index (χ2v) is 8.03. The van der Waals surface area contributed by atoms with Crippen molar-refractivity contribution in [3.05, 3.63) is 58.8 Å². The number of benzene rings is 1. The summed E-state index contributed by atoms with van der Waals surface area (Å²) in [6.07, 6.45) is -2.84. The van der Waals surface area contributed by atoms with E-state index >= 15 is 0 Å². The van der Waals surface area contributed by atoms with Crippen LogP contribution in [0, 0.1) is 18.8 Å². The number of aryl methyl sites for hydroxylation is 1. The van der Waals surface area contributed by atoms with Crippen molar-refractivity contribution in [1.29, 1.82) is 0 Å². The van der Waals surface area contributed by atoms with Crippen LogP contribution in [-0.2, 0) is 10.9 Å². The van der Waals surface area contributed by atoms with E-state index in [1.54, 1.807) is 24.3 Å². The number of halogens is 3. The van der Waals surface area contributed by atoms with E-state index in [0.717, 1.165) is 37.4 Å². The van der Waals surface area contributed by atoms with Gasteiger partial charge in [-0.05, 0) is 61.3 Å². The molecule has 2 aliphatic rings. The summed E-state index contributed by atoms with van der Waals surface area (Å²) in [7, 11) is 1.34. The van der Waals surface area contributed by atoms with Gasteiger partial charge >= 0.3 is 12.1 Å². The molecule has 2 fully saturated rings. The average molecular weight is 404 g/mol. The van der Waals surface area contributed by atoms with Gasteiger partial charge in [-0.1, -0.05) is 18.2 Å². The molecule has 1 aliphatic heterocycles. The number of hydrogen-bond acceptors (Lipinski definition) is 4. The molecule has 2 heterocycles. The summed E-state index contributed by atoms with van der Waals surface area (Å²) in [5.41, 5.74) is 1.11. The number of aromatic nitrogens is 1. The molecule has 1 aliphatic carbocycles. The fourth-order valence-electron chi connectivity index (χ4n) is 4.90. The Labute approximate surface area is 167 Å². The van der Waals surface area contributed by atoms with Crippen LogP contribution in [0.4, 0.5) is 19.0 Å². The predicted octanol–water partition coefficient (Wildman–Crippen LogP) is 4.83. The number of anilines is 1. The van der Waals surface area contributed by atoms with Gasteiger partial charge in [-0.3, -0.25) is 0 Å². The van der Waals surface area contributed by atoms with E-state index in [2.05, 4.69) is 9.88 Å². The molecule has 0 bridgehead atoms. The van der Waals surface area contributed by atoms with Crippen LogP contribution in [0.15, 0.2) is 36.4 Å². The number of nitrogens with zero attached hydrogens (tertiary/aromatic N) is 2. The molecule has 2 aromatic rings. The molecule has 0 N–H and O–H groups in total. The zero-order valence-electron chi connectivity index (χ0n) is 16.4. The second-order valence-electron chi connectivity index (χ2n) is 8.03. The van der Waals surface area contributed by atoms with Crippen molar-refractivity contribution >= 4 is 11.8 Å². The number of methoxy groups -OCH3 is 1. The number of esters is 1. The molecule has 1 unspecified atom stereocenters. The van der Waals surface area contributed by atoms with Crippen molar-refractivity contribution in [1.82, 2.24) is 4.98 Å². The number of fused-ring (bicyclic) bond motifs is 1. The Morgan fingerprint density at radius 3 is 2.41 bits per heavy atom. The molecule has 154 valence electrons. The molecule has 29 heavy (non-hydrogen) atoms. The molecular formula is C22H23F3N2O2. The van der Waals surface area contributed by atoms with Crippen molar-refractivity contribution in [3.8, 4) is 0 Å². The lowest BCUT2D eigenvalue weighted by atomic mass is 9.91. The van der Waals surface area contributed by atoms with Crippen LogP contribution in [0.25, 0.3) is 0 Å². The number of ether oxygens (including phenoxy) is 1. The van der Waals surface area contributed by atoms with E-state index in [1.165, 1.54) is 19.2 Å². The summed E-state index contributed by atoms with van der Waals surface area (Å²) in [6.45, 7) is 3.32. The number of pyridine rings is 1. The van der Waals surface area contributed by atoms with E-state index in [9.17, 15) is 18.0 Å². The molecule has 3 atom stereocenters. The molecule has 1 aromatic heterocycles. The van der Waals surface area contributed by atoms with Crippen molar-refractivity contribution in [2.45, 2.75) is 31.9 Å². The van der Waals surface area contributed by atoms with Gasteiger partial charge in [-0.25, -0.2) is 9.78 Å². The first-order chi connectivity index (χ1) is 13.8. The Morgan fingerprint density at radius 2 is 1.79 bits per heavy atom. The van der Waals surface area contributed by atoms with Crippen molar-refractivity contribution in [2.75, 3.05) is 25.1 Å². The van der Waals surface area contributed by atoms with Crippen molar-refractivity contribution in [3.63, 3.8) is 0 Å². The molecule has 7 heteroatoms. The van der Waals surface area contributed by atoms with Gasteiger partial charge in [-0.2, -0.15) is 13.2 Å². The predicted molar refractivity (Wildman–Crippen MR) is 103 cm³/mol. The van der Waals surface area contributed by atoms with Crippen LogP contribution in [0.2, 0.25) is 0 Å². The van der Waals surface area contributed by atoms with Crippen molar-refractivity contribution < 1.29 is 22.7 Å². The Balaban J connectivity index is 1.51. The summed E-state index contributed by atoms with van der Waals surface area (Å²) in [6, 6.07) is 9.37. The minimum Gasteiger partial charge on any atom is -0.465 e. The first-order valence-electron chi connectivity index (χ1n) is 9.74. The zero-order chi connectivity index (χ0) is 20.8. The first-order valence-corrected chi connectivity index (χ1v) is 9.74. The maximum absolute atomic E-state index is 13.4. The second kappa shape index (κ2) is 7.35. The lowest BCUT2D eigenvalue weighted by molar-refractivity contribution is -0.138. The monoisotopic (exact) mass is 404 g/mol. The van der Waals surface area contributed by atoms with Gasteiger partial charge < -0.3 is 9.64 Å². The Bertz CT molecular complexity index is 915. The normalized spacial score (nSPS) is 23.9. The summed E-state index contributed by atoms with van der Waals surface area (Å²) in [5.74, 6) is 0.906. The lowest BCUT2D eigenvalue weighted by Crippen LogP contribution is -2.23. The number of alkyl halides is 3. The minimum atomic E-state index is -4.32. The highest BCUT2D eigenvalue weighted by molar-refractivity contribution is 5.90. The average Bonchev–Trinajstić information content (AvgIpc) is 3.25. The van der Waals surface area contributed by atoms with Crippen LogP contribution in [0.3, 0.4) is 0 Å². The quantitative estimate of drug-likeness (QED) is 0.688. The Morgan fingerprint density at radius 1 is 1.14 bits per heavy atom. The Hall–Kier alpha value is -2.57. The molecule has 1 saturated carbocycles. The third-order valence-electron chi connectivity index (χ3n) is 6.14. The number of rotatable bonds is 3. The van der Waals surface area contributed by atoms with E-state index in [-0.39, 0.29) is 5.92 Å². The van der Waals surface area contributed by atoms with Crippen LogP contribution >= 0.6 is 0 Å². The number of carbonyl (C=O) groups is 1. The Kier molecular flexibility index (Phi) is 5.00. The van der Waals surface area contributed by atoms with Gasteiger partial charge in [0.15, 0.2) is 0 Å². The number of hydrogen-bond donors (Lipinski definition) is 0. The summed E-state index contributed by atoms with van der Waals surface area (Å²) < 4.78 is 45.0. The summed E-state index contributed by atoms with van der Waals surface area (Å²) in [5, 5.41) is 0. The summed E-state index contributed by atoms with van der Waals surface area (Å²) in [4.78, 5) is 18.6. The van der Waals surface area contributed by atoms with Gasteiger partial charge in [0.25, 0.3) is 0 Å². The van der Waals surface area contributed by atoms with Crippen LogP contribution in [0.1, 0.15) is 45.9 Å². The third-order valence-corrected chi connectivity index (χ3v) is 6.14. The van der Waals surface area contributed by atoms with Crippen LogP contribution < -0.4 is 4.90 Å². The smallest absolute Gasteiger partial charge is 0.416 e. The first kappa shape index (κ1) is 19.7. The van der Waals surface area contributed by atoms with Crippen molar-refractivity contribution in [2.24, 2.45) is 11.8 Å². The van der Waals surface area contributed by atoms with E-state index < -0.39 is 17.7 Å². The largest absolute Gasteiger partial charge is 0.465 e. The third kappa shape index (κ3) is 3.82. The van der Waals surface area contributed by atoms with Gasteiger partial charge in [0.1, 0.15) is 5.82 Å². The molecule has 1 saturated heterocycles. The minimum absolute atomic E-state index is 0.0685. The van der Waals surface area contributed by atoms with Crippen LogP contribution in [-0.4, -0.2) is 31.2 Å². The maximum Gasteiger partial charge on any atom is 0.416 e. The molecule has 0 spiro atoms.